The molecule has 30 heavy (non-hydrogen) atoms. The highest BCUT2D eigenvalue weighted by Crippen LogP contribution is 2.40. The Balaban J connectivity index is 1.57. The van der Waals surface area contributed by atoms with Crippen LogP contribution in [0.5, 0.6) is 0 Å². The van der Waals surface area contributed by atoms with Crippen LogP contribution in [-0.4, -0.2) is 41.7 Å². The first-order chi connectivity index (χ1) is 14.5. The molecular formula is C21H24F2N6O. The predicted molar refractivity (Wildman–Crippen MR) is 105 cm³/mol. The van der Waals surface area contributed by atoms with Crippen molar-refractivity contribution in [2.75, 3.05) is 6.54 Å². The molecule has 0 bridgehead atoms. The van der Waals surface area contributed by atoms with Crippen molar-refractivity contribution in [1.82, 2.24) is 29.3 Å². The van der Waals surface area contributed by atoms with E-state index in [1.165, 1.54) is 12.3 Å². The lowest BCUT2D eigenvalue weighted by Gasteiger charge is -2.28. The topological polar surface area (TPSA) is 68.3 Å². The van der Waals surface area contributed by atoms with E-state index < -0.39 is 6.43 Å². The van der Waals surface area contributed by atoms with Gasteiger partial charge in [0.1, 0.15) is 11.3 Å². The lowest BCUT2D eigenvalue weighted by atomic mass is 10.1. The summed E-state index contributed by atoms with van der Waals surface area (Å²) in [7, 11) is 1.85. The van der Waals surface area contributed by atoms with Crippen molar-refractivity contribution >= 4 is 11.6 Å². The Morgan fingerprint density at radius 2 is 2.00 bits per heavy atom. The highest BCUT2D eigenvalue weighted by atomic mass is 19.3. The molecule has 0 aromatic carbocycles. The van der Waals surface area contributed by atoms with Crippen LogP contribution in [0.15, 0.2) is 24.5 Å². The van der Waals surface area contributed by atoms with Crippen molar-refractivity contribution in [2.24, 2.45) is 7.05 Å². The molecule has 1 saturated carbocycles. The van der Waals surface area contributed by atoms with Gasteiger partial charge in [-0.1, -0.05) is 12.8 Å². The highest BCUT2D eigenvalue weighted by Gasteiger charge is 2.33. The van der Waals surface area contributed by atoms with Crippen molar-refractivity contribution in [3.8, 4) is 0 Å². The number of aryl methyl sites for hydroxylation is 1. The standard InChI is InChI=1S/C21H24F2N6O/c1-27-10-8-15(26-27)17-5-3-2-4-9-28(17)21(30)14-12-24-29-18(19(22)23)11-16(13-6-7-13)25-20(14)29/h8,10-13,17,19H,2-7,9H2,1H3. The molecule has 0 spiro atoms. The fourth-order valence-corrected chi connectivity index (χ4v) is 4.32. The smallest absolute Gasteiger partial charge is 0.280 e. The number of fused-ring (bicyclic) bond motifs is 1. The van der Waals surface area contributed by atoms with E-state index in [2.05, 4.69) is 15.2 Å². The Morgan fingerprint density at radius 1 is 1.17 bits per heavy atom. The summed E-state index contributed by atoms with van der Waals surface area (Å²) in [5.41, 5.74) is 1.78. The maximum absolute atomic E-state index is 13.7. The molecule has 7 nitrogen and oxygen atoms in total. The predicted octanol–water partition coefficient (Wildman–Crippen LogP) is 4.04. The van der Waals surface area contributed by atoms with E-state index in [1.807, 2.05) is 24.2 Å². The molecule has 1 saturated heterocycles. The van der Waals surface area contributed by atoms with Crippen LogP contribution in [0.25, 0.3) is 5.65 Å². The van der Waals surface area contributed by atoms with Gasteiger partial charge in [-0.3, -0.25) is 9.48 Å². The molecule has 158 valence electrons. The first-order valence-electron chi connectivity index (χ1n) is 10.5. The molecule has 0 N–H and O–H groups in total. The Bertz CT molecular complexity index is 1090. The van der Waals surface area contributed by atoms with Crippen LogP contribution in [-0.2, 0) is 7.05 Å². The fraction of sp³-hybridized carbons (Fsp3) is 0.524. The first kappa shape index (κ1) is 19.1. The van der Waals surface area contributed by atoms with Crippen LogP contribution in [0.3, 0.4) is 0 Å². The van der Waals surface area contributed by atoms with Crippen LogP contribution < -0.4 is 0 Å². The lowest BCUT2D eigenvalue weighted by Crippen LogP contribution is -2.35. The number of amides is 1. The monoisotopic (exact) mass is 414 g/mol. The van der Waals surface area contributed by atoms with E-state index in [0.717, 1.165) is 48.7 Å². The first-order valence-corrected chi connectivity index (χ1v) is 10.5. The van der Waals surface area contributed by atoms with Gasteiger partial charge in [0.05, 0.1) is 17.9 Å². The third-order valence-electron chi connectivity index (χ3n) is 6.06. The molecule has 0 radical (unpaired) electrons. The number of rotatable bonds is 4. The maximum atomic E-state index is 13.7. The summed E-state index contributed by atoms with van der Waals surface area (Å²) in [6.45, 7) is 0.599. The van der Waals surface area contributed by atoms with Gasteiger partial charge >= 0.3 is 0 Å². The molecule has 1 unspecified atom stereocenters. The van der Waals surface area contributed by atoms with Crippen LogP contribution in [0.1, 0.15) is 84.3 Å². The van der Waals surface area contributed by atoms with Gasteiger partial charge in [-0.25, -0.2) is 18.3 Å². The van der Waals surface area contributed by atoms with Gasteiger partial charge in [0.15, 0.2) is 5.65 Å². The molecule has 2 aliphatic rings. The average molecular weight is 414 g/mol. The van der Waals surface area contributed by atoms with Crippen LogP contribution in [0.4, 0.5) is 8.78 Å². The number of likely N-dealkylation sites (tertiary alicyclic amines) is 1. The number of aromatic nitrogens is 5. The zero-order valence-electron chi connectivity index (χ0n) is 16.8. The summed E-state index contributed by atoms with van der Waals surface area (Å²) in [5.74, 6) is -0.0203. The summed E-state index contributed by atoms with van der Waals surface area (Å²) in [6.07, 6.45) is 6.23. The lowest BCUT2D eigenvalue weighted by molar-refractivity contribution is 0.0678. The van der Waals surface area contributed by atoms with Gasteiger partial charge < -0.3 is 4.90 Å². The van der Waals surface area contributed by atoms with Crippen LogP contribution >= 0.6 is 0 Å². The van der Waals surface area contributed by atoms with Crippen LogP contribution in [0.2, 0.25) is 0 Å². The number of alkyl halides is 2. The van der Waals surface area contributed by atoms with E-state index in [9.17, 15) is 13.6 Å². The minimum atomic E-state index is -2.68. The Morgan fingerprint density at radius 3 is 2.70 bits per heavy atom. The second kappa shape index (κ2) is 7.45. The van der Waals surface area contributed by atoms with E-state index >= 15 is 0 Å². The third kappa shape index (κ3) is 3.36. The van der Waals surface area contributed by atoms with Gasteiger partial charge in [0, 0.05) is 31.4 Å². The minimum Gasteiger partial charge on any atom is -0.330 e. The largest absolute Gasteiger partial charge is 0.330 e. The summed E-state index contributed by atoms with van der Waals surface area (Å²) in [4.78, 5) is 20.0. The van der Waals surface area contributed by atoms with Gasteiger partial charge in [0.25, 0.3) is 12.3 Å². The van der Waals surface area contributed by atoms with Gasteiger partial charge in [-0.2, -0.15) is 10.2 Å². The Labute approximate surface area is 172 Å². The Hall–Kier alpha value is -2.84. The van der Waals surface area contributed by atoms with Crippen molar-refractivity contribution < 1.29 is 13.6 Å². The van der Waals surface area contributed by atoms with Crippen molar-refractivity contribution in [3.05, 3.63) is 47.2 Å². The maximum Gasteiger partial charge on any atom is 0.280 e. The molecule has 9 heteroatoms. The summed E-state index contributed by atoms with van der Waals surface area (Å²) in [6, 6.07) is 3.22. The SMILES string of the molecule is Cn1ccc(C2CCCCCN2C(=O)c2cnn3c(C(F)F)cc(C4CC4)nc23)n1. The van der Waals surface area contributed by atoms with Gasteiger partial charge in [-0.05, 0) is 37.8 Å². The molecule has 5 rings (SSSR count). The molecule has 3 aromatic heterocycles. The highest BCUT2D eigenvalue weighted by molar-refractivity contribution is 6.00. The molecule has 3 aromatic rings. The molecule has 1 aliphatic carbocycles. The molecule has 2 fully saturated rings. The number of halogens is 2. The summed E-state index contributed by atoms with van der Waals surface area (Å²) < 4.78 is 30.2. The normalized spacial score (nSPS) is 20.1. The number of hydrogen-bond donors (Lipinski definition) is 0. The minimum absolute atomic E-state index is 0.141. The van der Waals surface area contributed by atoms with Crippen molar-refractivity contribution in [3.63, 3.8) is 0 Å². The van der Waals surface area contributed by atoms with E-state index in [1.54, 1.807) is 4.68 Å². The Kier molecular flexibility index (Phi) is 4.75. The van der Waals surface area contributed by atoms with Crippen molar-refractivity contribution in [1.29, 1.82) is 0 Å². The van der Waals surface area contributed by atoms with E-state index in [4.69, 9.17) is 0 Å². The zero-order chi connectivity index (χ0) is 20.8. The number of nitrogens with zero attached hydrogens (tertiary/aromatic N) is 6. The number of hydrogen-bond acceptors (Lipinski definition) is 4. The summed E-state index contributed by atoms with van der Waals surface area (Å²) >= 11 is 0. The molecule has 1 aliphatic heterocycles. The molecular weight excluding hydrogens is 390 g/mol. The average Bonchev–Trinajstić information content (AvgIpc) is 3.43. The molecule has 4 heterocycles. The van der Waals surface area contributed by atoms with E-state index in [-0.39, 0.29) is 34.8 Å². The van der Waals surface area contributed by atoms with Crippen molar-refractivity contribution in [2.45, 2.75) is 56.9 Å². The zero-order valence-corrected chi connectivity index (χ0v) is 16.8. The van der Waals surface area contributed by atoms with Crippen LogP contribution in [0, 0.1) is 0 Å². The molecule has 1 amide bonds. The quantitative estimate of drug-likeness (QED) is 0.646. The fourth-order valence-electron chi connectivity index (χ4n) is 4.32. The number of carbonyl (C=O) groups is 1. The second-order valence-corrected chi connectivity index (χ2v) is 8.25. The second-order valence-electron chi connectivity index (χ2n) is 8.25. The van der Waals surface area contributed by atoms with Gasteiger partial charge in [-0.15, -0.1) is 0 Å². The third-order valence-corrected chi connectivity index (χ3v) is 6.06. The van der Waals surface area contributed by atoms with E-state index in [0.29, 0.717) is 12.2 Å². The summed E-state index contributed by atoms with van der Waals surface area (Å²) in [5, 5.41) is 8.63. The number of carbonyl (C=O) groups excluding carboxylic acids is 1. The molecule has 1 atom stereocenters. The van der Waals surface area contributed by atoms with Gasteiger partial charge in [0.2, 0.25) is 0 Å².